The van der Waals surface area contributed by atoms with Crippen LogP contribution in [-0.4, -0.2) is 50.8 Å². The maximum atomic E-state index is 12.4. The van der Waals surface area contributed by atoms with Crippen LogP contribution in [0.2, 0.25) is 5.28 Å². The van der Waals surface area contributed by atoms with Gasteiger partial charge in [0.05, 0.1) is 12.1 Å². The molecule has 6 rings (SSSR count). The number of halogens is 1. The molecule has 1 N–H and O–H groups in total. The topological polar surface area (TPSA) is 87.5 Å². The van der Waals surface area contributed by atoms with E-state index in [4.69, 9.17) is 25.8 Å². The minimum absolute atomic E-state index is 0.0247. The molecule has 2 aliphatic rings. The zero-order chi connectivity index (χ0) is 28.9. The molecule has 4 atom stereocenters. The van der Waals surface area contributed by atoms with Crippen LogP contribution in [0.1, 0.15) is 58.2 Å². The number of fused-ring (bicyclic) bond motifs is 2. The van der Waals surface area contributed by atoms with Crippen molar-refractivity contribution in [2.45, 2.75) is 77.1 Å². The van der Waals surface area contributed by atoms with E-state index in [1.807, 2.05) is 40.7 Å². The third kappa shape index (κ3) is 6.00. The van der Waals surface area contributed by atoms with Crippen molar-refractivity contribution in [3.05, 3.63) is 70.6 Å². The molecule has 10 heteroatoms. The molecule has 4 heterocycles. The van der Waals surface area contributed by atoms with E-state index in [1.165, 1.54) is 11.1 Å². The lowest BCUT2D eigenvalue weighted by Crippen LogP contribution is -2.38. The first-order chi connectivity index (χ1) is 19.5. The van der Waals surface area contributed by atoms with Gasteiger partial charge in [-0.15, -0.1) is 11.3 Å². The number of carbonyl (C=O) groups excluding carboxylic acids is 1. The van der Waals surface area contributed by atoms with Crippen molar-refractivity contribution < 1.29 is 19.0 Å². The highest BCUT2D eigenvalue weighted by atomic mass is 35.5. The molecular weight excluding hydrogens is 560 g/mol. The fourth-order valence-corrected chi connectivity index (χ4v) is 7.02. The minimum Gasteiger partial charge on any atom is -0.444 e. The summed E-state index contributed by atoms with van der Waals surface area (Å²) in [6.45, 7) is 9.83. The molecule has 1 amide bonds. The van der Waals surface area contributed by atoms with Gasteiger partial charge < -0.3 is 24.1 Å². The standard InChI is InChI=1S/C31H35ClN4O4S/c1-30(2,3)40-29(37)34-14-20-13-23(26-25(20)38-31(4,5)39-26)36-16-22(21-15-33-28(32)35-27(21)36)24-12-19(17-41-24)11-18-9-7-6-8-10-18/h6-10,12,15-17,20,23,25-26H,11,13-14H2,1-5H3,(H,34,37)/t20-,23-,25-,26+/m1/s1. The van der Waals surface area contributed by atoms with Gasteiger partial charge in [0, 0.05) is 40.7 Å². The second kappa shape index (κ2) is 10.7. The van der Waals surface area contributed by atoms with Crippen LogP contribution in [0.25, 0.3) is 21.5 Å². The zero-order valence-corrected chi connectivity index (χ0v) is 25.5. The molecule has 1 saturated carbocycles. The maximum Gasteiger partial charge on any atom is 0.407 e. The third-order valence-corrected chi connectivity index (χ3v) is 8.72. The number of carbonyl (C=O) groups is 1. The van der Waals surface area contributed by atoms with Crippen LogP contribution in [0.5, 0.6) is 0 Å². The number of amides is 1. The SMILES string of the molecule is CC(C)(C)OC(=O)NC[C@H]1C[C@@H](n2cc(-c3cc(Cc4ccccc4)cs3)c3cnc(Cl)nc32)[C@@H]2OC(C)(C)O[C@H]12. The molecule has 3 aromatic heterocycles. The normalized spacial score (nSPS) is 23.6. The van der Waals surface area contributed by atoms with Gasteiger partial charge in [-0.05, 0) is 81.6 Å². The Labute approximate surface area is 249 Å². The Balaban J connectivity index is 1.31. The Bertz CT molecular complexity index is 1560. The highest BCUT2D eigenvalue weighted by Gasteiger charge is 2.54. The van der Waals surface area contributed by atoms with Gasteiger partial charge in [0.15, 0.2) is 5.79 Å². The Morgan fingerprint density at radius 1 is 1.20 bits per heavy atom. The smallest absolute Gasteiger partial charge is 0.407 e. The molecule has 0 spiro atoms. The number of benzene rings is 1. The largest absolute Gasteiger partial charge is 0.444 e. The van der Waals surface area contributed by atoms with Crippen molar-refractivity contribution in [1.29, 1.82) is 0 Å². The molecule has 1 saturated heterocycles. The molecule has 8 nitrogen and oxygen atoms in total. The third-order valence-electron chi connectivity index (χ3n) is 7.53. The van der Waals surface area contributed by atoms with Crippen molar-refractivity contribution in [1.82, 2.24) is 19.9 Å². The number of rotatable bonds is 6. The summed E-state index contributed by atoms with van der Waals surface area (Å²) in [5, 5.41) is 6.29. The van der Waals surface area contributed by atoms with Crippen LogP contribution in [0.15, 0.2) is 54.2 Å². The lowest BCUT2D eigenvalue weighted by molar-refractivity contribution is -0.160. The van der Waals surface area contributed by atoms with E-state index >= 15 is 0 Å². The monoisotopic (exact) mass is 594 g/mol. The van der Waals surface area contributed by atoms with E-state index in [0.717, 1.165) is 34.3 Å². The number of hydrogen-bond donors (Lipinski definition) is 1. The van der Waals surface area contributed by atoms with Gasteiger partial charge in [0.1, 0.15) is 17.4 Å². The fraction of sp³-hybridized carbons (Fsp3) is 0.452. The van der Waals surface area contributed by atoms with Crippen molar-refractivity contribution in [2.75, 3.05) is 6.54 Å². The number of ether oxygens (including phenoxy) is 3. The van der Waals surface area contributed by atoms with Gasteiger partial charge >= 0.3 is 6.09 Å². The van der Waals surface area contributed by atoms with E-state index < -0.39 is 17.5 Å². The summed E-state index contributed by atoms with van der Waals surface area (Å²) in [6.07, 6.45) is 4.71. The molecule has 1 aliphatic heterocycles. The average molecular weight is 595 g/mol. The van der Waals surface area contributed by atoms with E-state index in [1.54, 1.807) is 17.5 Å². The first-order valence-corrected chi connectivity index (χ1v) is 15.2. The van der Waals surface area contributed by atoms with Crippen LogP contribution in [0, 0.1) is 5.92 Å². The summed E-state index contributed by atoms with van der Waals surface area (Å²) in [4.78, 5) is 22.6. The average Bonchev–Trinajstić information content (AvgIpc) is 3.64. The van der Waals surface area contributed by atoms with Gasteiger partial charge in [-0.25, -0.2) is 9.78 Å². The molecule has 1 aromatic carbocycles. The van der Waals surface area contributed by atoms with E-state index in [9.17, 15) is 4.79 Å². The van der Waals surface area contributed by atoms with Crippen molar-refractivity contribution >= 4 is 40.1 Å². The molecule has 0 unspecified atom stereocenters. The summed E-state index contributed by atoms with van der Waals surface area (Å²) in [5.74, 6) is -0.715. The number of thiophene rings is 1. The molecular formula is C31H35ClN4O4S. The predicted molar refractivity (Wildman–Crippen MR) is 160 cm³/mol. The first-order valence-electron chi connectivity index (χ1n) is 13.9. The second-order valence-electron chi connectivity index (χ2n) is 12.3. The van der Waals surface area contributed by atoms with Gasteiger partial charge in [0.25, 0.3) is 0 Å². The van der Waals surface area contributed by atoms with Gasteiger partial charge in [0.2, 0.25) is 5.28 Å². The van der Waals surface area contributed by atoms with Crippen molar-refractivity contribution in [3.63, 3.8) is 0 Å². The number of nitrogens with zero attached hydrogens (tertiary/aromatic N) is 3. The minimum atomic E-state index is -0.739. The number of aromatic nitrogens is 3. The Morgan fingerprint density at radius 2 is 1.95 bits per heavy atom. The quantitative estimate of drug-likeness (QED) is 0.242. The summed E-state index contributed by atoms with van der Waals surface area (Å²) < 4.78 is 20.5. The molecule has 2 fully saturated rings. The van der Waals surface area contributed by atoms with Gasteiger partial charge in [-0.1, -0.05) is 30.3 Å². The Hall–Kier alpha value is -2.98. The summed E-state index contributed by atoms with van der Waals surface area (Å²) in [6, 6.07) is 12.6. The maximum absolute atomic E-state index is 12.4. The van der Waals surface area contributed by atoms with Crippen LogP contribution in [-0.2, 0) is 20.6 Å². The van der Waals surface area contributed by atoms with Gasteiger partial charge in [-0.3, -0.25) is 0 Å². The highest BCUT2D eigenvalue weighted by Crippen LogP contribution is 2.48. The van der Waals surface area contributed by atoms with E-state index in [2.05, 4.69) is 61.8 Å². The number of nitrogens with one attached hydrogen (secondary N) is 1. The molecule has 0 bridgehead atoms. The fourth-order valence-electron chi connectivity index (χ4n) is 5.96. The summed E-state index contributed by atoms with van der Waals surface area (Å²) in [7, 11) is 0. The Kier molecular flexibility index (Phi) is 7.34. The van der Waals surface area contributed by atoms with Gasteiger partial charge in [-0.2, -0.15) is 4.98 Å². The molecule has 216 valence electrons. The number of alkyl carbamates (subject to hydrolysis) is 1. The highest BCUT2D eigenvalue weighted by molar-refractivity contribution is 7.13. The summed E-state index contributed by atoms with van der Waals surface area (Å²) >= 11 is 8.03. The molecule has 41 heavy (non-hydrogen) atoms. The van der Waals surface area contributed by atoms with Crippen LogP contribution in [0.4, 0.5) is 4.79 Å². The van der Waals surface area contributed by atoms with E-state index in [-0.39, 0.29) is 29.5 Å². The predicted octanol–water partition coefficient (Wildman–Crippen LogP) is 7.01. The lowest BCUT2D eigenvalue weighted by Gasteiger charge is -2.25. The number of hydrogen-bond acceptors (Lipinski definition) is 7. The Morgan fingerprint density at radius 3 is 2.71 bits per heavy atom. The van der Waals surface area contributed by atoms with E-state index in [0.29, 0.717) is 6.54 Å². The lowest BCUT2D eigenvalue weighted by atomic mass is 10.1. The first kappa shape index (κ1) is 28.2. The molecule has 1 aliphatic carbocycles. The van der Waals surface area contributed by atoms with Crippen molar-refractivity contribution in [3.8, 4) is 10.4 Å². The van der Waals surface area contributed by atoms with Crippen LogP contribution in [0.3, 0.4) is 0 Å². The molecule has 0 radical (unpaired) electrons. The van der Waals surface area contributed by atoms with Crippen LogP contribution < -0.4 is 5.32 Å². The van der Waals surface area contributed by atoms with Crippen LogP contribution >= 0.6 is 22.9 Å². The zero-order valence-electron chi connectivity index (χ0n) is 23.9. The second-order valence-corrected chi connectivity index (χ2v) is 13.6. The summed E-state index contributed by atoms with van der Waals surface area (Å²) in [5.41, 5.74) is 3.79. The van der Waals surface area contributed by atoms with Crippen molar-refractivity contribution in [2.24, 2.45) is 5.92 Å². The molecule has 4 aromatic rings.